The lowest BCUT2D eigenvalue weighted by Crippen LogP contribution is -2.47. The summed E-state index contributed by atoms with van der Waals surface area (Å²) in [7, 11) is 0. The van der Waals surface area contributed by atoms with Crippen LogP contribution in [0.1, 0.15) is 72.1 Å². The molecule has 3 aliphatic rings. The molecule has 4 atom stereocenters. The van der Waals surface area contributed by atoms with E-state index in [0.717, 1.165) is 49.7 Å². The molecule has 21 heavy (non-hydrogen) atoms. The van der Waals surface area contributed by atoms with Gasteiger partial charge in [-0.3, -0.25) is 4.79 Å². The summed E-state index contributed by atoms with van der Waals surface area (Å²) in [6.07, 6.45) is 10.6. The Morgan fingerprint density at radius 2 is 2.05 bits per heavy atom. The fraction of sp³-hybridized carbons (Fsp3) is 0.789. The average Bonchev–Trinajstić information content (AvgIpc) is 2.47. The van der Waals surface area contributed by atoms with Crippen LogP contribution < -0.4 is 0 Å². The SMILES string of the molecule is CCC(=N)[C@@]1(C)CCC2C(CCC3=CC(=O)CC[C@@]32C)C1. The van der Waals surface area contributed by atoms with E-state index in [2.05, 4.69) is 20.8 Å². The Labute approximate surface area is 128 Å². The van der Waals surface area contributed by atoms with Gasteiger partial charge in [-0.2, -0.15) is 0 Å². The molecule has 3 aliphatic carbocycles. The van der Waals surface area contributed by atoms with Crippen molar-refractivity contribution < 1.29 is 4.79 Å². The molecule has 0 spiro atoms. The largest absolute Gasteiger partial charge is 0.309 e. The molecule has 116 valence electrons. The van der Waals surface area contributed by atoms with Gasteiger partial charge in [0.05, 0.1) is 0 Å². The Balaban J connectivity index is 1.85. The number of hydrogen-bond acceptors (Lipinski definition) is 2. The van der Waals surface area contributed by atoms with Crippen molar-refractivity contribution in [2.24, 2.45) is 22.7 Å². The van der Waals surface area contributed by atoms with Crippen molar-refractivity contribution in [3.05, 3.63) is 11.6 Å². The lowest BCUT2D eigenvalue weighted by Gasteiger charge is -2.55. The third-order valence-corrected chi connectivity index (χ3v) is 6.93. The van der Waals surface area contributed by atoms with Crippen LogP contribution in [-0.4, -0.2) is 11.5 Å². The lowest BCUT2D eigenvalue weighted by atomic mass is 9.49. The van der Waals surface area contributed by atoms with Crippen molar-refractivity contribution in [2.75, 3.05) is 0 Å². The molecule has 0 radical (unpaired) electrons. The Hall–Kier alpha value is -0.920. The summed E-state index contributed by atoms with van der Waals surface area (Å²) in [6.45, 7) is 6.85. The smallest absolute Gasteiger partial charge is 0.155 e. The van der Waals surface area contributed by atoms with Gasteiger partial charge in [0.25, 0.3) is 0 Å². The highest BCUT2D eigenvalue weighted by Gasteiger charge is 2.51. The van der Waals surface area contributed by atoms with Gasteiger partial charge in [0, 0.05) is 17.5 Å². The number of ketones is 1. The highest BCUT2D eigenvalue weighted by Crippen LogP contribution is 2.59. The number of fused-ring (bicyclic) bond motifs is 3. The monoisotopic (exact) mass is 287 g/mol. The molecule has 2 fully saturated rings. The average molecular weight is 287 g/mol. The summed E-state index contributed by atoms with van der Waals surface area (Å²) in [4.78, 5) is 11.7. The Kier molecular flexibility index (Phi) is 3.62. The van der Waals surface area contributed by atoms with Gasteiger partial charge in [-0.25, -0.2) is 0 Å². The first-order valence-corrected chi connectivity index (χ1v) is 8.71. The van der Waals surface area contributed by atoms with Gasteiger partial charge in [0.1, 0.15) is 0 Å². The maximum absolute atomic E-state index is 11.7. The van der Waals surface area contributed by atoms with E-state index in [-0.39, 0.29) is 10.8 Å². The van der Waals surface area contributed by atoms with Crippen LogP contribution in [-0.2, 0) is 4.79 Å². The molecule has 0 aromatic carbocycles. The molecule has 2 unspecified atom stereocenters. The summed E-state index contributed by atoms with van der Waals surface area (Å²) in [5.74, 6) is 1.84. The molecule has 0 amide bonds. The molecule has 2 nitrogen and oxygen atoms in total. The fourth-order valence-corrected chi connectivity index (χ4v) is 5.47. The summed E-state index contributed by atoms with van der Waals surface area (Å²) in [6, 6.07) is 0. The van der Waals surface area contributed by atoms with E-state index in [1.54, 1.807) is 0 Å². The van der Waals surface area contributed by atoms with Crippen LogP contribution >= 0.6 is 0 Å². The van der Waals surface area contributed by atoms with E-state index < -0.39 is 0 Å². The maximum Gasteiger partial charge on any atom is 0.155 e. The molecule has 0 heterocycles. The second kappa shape index (κ2) is 5.07. The molecule has 0 aromatic rings. The molecule has 0 saturated heterocycles. The van der Waals surface area contributed by atoms with Crippen LogP contribution in [0, 0.1) is 28.1 Å². The fourth-order valence-electron chi connectivity index (χ4n) is 5.47. The number of rotatable bonds is 2. The van der Waals surface area contributed by atoms with Gasteiger partial charge < -0.3 is 5.41 Å². The normalized spacial score (nSPS) is 42.8. The van der Waals surface area contributed by atoms with Crippen LogP contribution in [0.2, 0.25) is 0 Å². The zero-order chi connectivity index (χ0) is 15.3. The first-order valence-electron chi connectivity index (χ1n) is 8.71. The van der Waals surface area contributed by atoms with Crippen LogP contribution in [0.4, 0.5) is 0 Å². The summed E-state index contributed by atoms with van der Waals surface area (Å²) in [5.41, 5.74) is 2.80. The third kappa shape index (κ3) is 2.31. The zero-order valence-corrected chi connectivity index (χ0v) is 13.8. The van der Waals surface area contributed by atoms with Gasteiger partial charge in [-0.1, -0.05) is 26.3 Å². The predicted octanol–water partition coefficient (Wildman–Crippen LogP) is 4.93. The molecule has 1 N–H and O–H groups in total. The maximum atomic E-state index is 11.7. The minimum absolute atomic E-state index is 0.137. The van der Waals surface area contributed by atoms with Crippen LogP contribution in [0.25, 0.3) is 0 Å². The van der Waals surface area contributed by atoms with Crippen molar-refractivity contribution >= 4 is 11.5 Å². The van der Waals surface area contributed by atoms with Crippen molar-refractivity contribution in [1.29, 1.82) is 5.41 Å². The van der Waals surface area contributed by atoms with E-state index in [1.807, 2.05) is 6.08 Å². The van der Waals surface area contributed by atoms with Crippen LogP contribution in [0.5, 0.6) is 0 Å². The Bertz CT molecular complexity index is 506. The number of allylic oxidation sites excluding steroid dienone is 2. The van der Waals surface area contributed by atoms with Crippen molar-refractivity contribution in [1.82, 2.24) is 0 Å². The molecule has 0 aromatic heterocycles. The zero-order valence-electron chi connectivity index (χ0n) is 13.8. The molecule has 2 heteroatoms. The molecule has 0 bridgehead atoms. The van der Waals surface area contributed by atoms with Crippen molar-refractivity contribution in [2.45, 2.75) is 72.1 Å². The summed E-state index contributed by atoms with van der Waals surface area (Å²) < 4.78 is 0. The molecular weight excluding hydrogens is 258 g/mol. The topological polar surface area (TPSA) is 40.9 Å². The number of carbonyl (C=O) groups is 1. The highest BCUT2D eigenvalue weighted by molar-refractivity contribution is 5.91. The number of carbonyl (C=O) groups excluding carboxylic acids is 1. The number of hydrogen-bond donors (Lipinski definition) is 1. The first kappa shape index (κ1) is 15.0. The molecule has 0 aliphatic heterocycles. The Morgan fingerprint density at radius 3 is 2.76 bits per heavy atom. The minimum atomic E-state index is 0.137. The summed E-state index contributed by atoms with van der Waals surface area (Å²) in [5, 5.41) is 8.34. The summed E-state index contributed by atoms with van der Waals surface area (Å²) >= 11 is 0. The van der Waals surface area contributed by atoms with Gasteiger partial charge in [0.2, 0.25) is 0 Å². The molecular formula is C19H29NO. The van der Waals surface area contributed by atoms with E-state index >= 15 is 0 Å². The van der Waals surface area contributed by atoms with Gasteiger partial charge in [-0.05, 0) is 68.3 Å². The lowest BCUT2D eigenvalue weighted by molar-refractivity contribution is -0.116. The van der Waals surface area contributed by atoms with Crippen molar-refractivity contribution in [3.8, 4) is 0 Å². The van der Waals surface area contributed by atoms with Crippen LogP contribution in [0.3, 0.4) is 0 Å². The van der Waals surface area contributed by atoms with E-state index in [0.29, 0.717) is 5.78 Å². The van der Waals surface area contributed by atoms with Crippen LogP contribution in [0.15, 0.2) is 11.6 Å². The molecule has 3 rings (SSSR count). The quantitative estimate of drug-likeness (QED) is 0.719. The Morgan fingerprint density at radius 1 is 1.29 bits per heavy atom. The highest BCUT2D eigenvalue weighted by atomic mass is 16.1. The van der Waals surface area contributed by atoms with Gasteiger partial charge in [-0.15, -0.1) is 0 Å². The third-order valence-electron chi connectivity index (χ3n) is 6.93. The van der Waals surface area contributed by atoms with Gasteiger partial charge >= 0.3 is 0 Å². The minimum Gasteiger partial charge on any atom is -0.309 e. The van der Waals surface area contributed by atoms with E-state index in [1.165, 1.54) is 24.8 Å². The first-order chi connectivity index (χ1) is 9.89. The second-order valence-electron chi connectivity index (χ2n) is 8.09. The predicted molar refractivity (Wildman–Crippen MR) is 86.6 cm³/mol. The van der Waals surface area contributed by atoms with Gasteiger partial charge in [0.15, 0.2) is 5.78 Å². The molecule has 2 saturated carbocycles. The number of nitrogens with one attached hydrogen (secondary N) is 1. The standard InChI is InChI=1S/C19H29NO/c1-4-17(20)18(2)9-8-16-13(12-18)5-6-14-11-15(21)7-10-19(14,16)3/h11,13,16,20H,4-10,12H2,1-3H3/t13?,16?,18-,19-/m0/s1. The van der Waals surface area contributed by atoms with E-state index in [9.17, 15) is 4.79 Å². The van der Waals surface area contributed by atoms with E-state index in [4.69, 9.17) is 5.41 Å². The van der Waals surface area contributed by atoms with Crippen molar-refractivity contribution in [3.63, 3.8) is 0 Å². The second-order valence-corrected chi connectivity index (χ2v) is 8.09.